The van der Waals surface area contributed by atoms with Crippen molar-refractivity contribution in [3.63, 3.8) is 0 Å². The van der Waals surface area contributed by atoms with Gasteiger partial charge in [-0.15, -0.1) is 0 Å². The summed E-state index contributed by atoms with van der Waals surface area (Å²) in [6.45, 7) is 13.8. The van der Waals surface area contributed by atoms with Crippen LogP contribution in [0.15, 0.2) is 138 Å². The molecule has 0 unspecified atom stereocenters. The van der Waals surface area contributed by atoms with Crippen LogP contribution in [0, 0.1) is 16.7 Å². The summed E-state index contributed by atoms with van der Waals surface area (Å²) in [5.41, 5.74) is -4.58. The van der Waals surface area contributed by atoms with Gasteiger partial charge in [0.1, 0.15) is 37.1 Å². The average molecular weight is 1040 g/mol. The Balaban J connectivity index is 1.31. The molecule has 9 atom stereocenters. The minimum absolute atomic E-state index is 0.0751. The lowest BCUT2D eigenvalue weighted by Gasteiger charge is -2.68. The number of hydrogen-bond donors (Lipinski definition) is 1. The monoisotopic (exact) mass is 1040 g/mol. The Labute approximate surface area is 440 Å². The van der Waals surface area contributed by atoms with E-state index in [2.05, 4.69) is 25.9 Å². The van der Waals surface area contributed by atoms with Crippen molar-refractivity contribution in [3.8, 4) is 0 Å². The predicted octanol–water partition coefficient (Wildman–Crippen LogP) is 10.0. The molecule has 15 nitrogen and oxygen atoms in total. The van der Waals surface area contributed by atoms with Crippen LogP contribution in [0.2, 0.25) is 18.1 Å². The molecule has 4 aliphatic rings. The maximum absolute atomic E-state index is 16.7. The van der Waals surface area contributed by atoms with Crippen molar-refractivity contribution in [2.45, 2.75) is 148 Å². The SMILES string of the molecule is CC[Si](CC)(CC)O[C@H]1C[C@H]2OC[C@@]2(OC(C)=O)[C@H]2[C@H](OC(=O)c3ccccc3)[C@]3(O)C[C@H](OC(=O)C/C(=N/OCc4ccccc4)c4ccccc4)C(C)=C([C@@H](OC(=O)OCc4ccccc4)C(=O)[C@]12C)C3(C)C. The minimum atomic E-state index is -2.67. The van der Waals surface area contributed by atoms with E-state index in [0.29, 0.717) is 34.8 Å². The van der Waals surface area contributed by atoms with E-state index < -0.39 is 103 Å². The normalized spacial score (nSPS) is 28.0. The van der Waals surface area contributed by atoms with Crippen molar-refractivity contribution in [3.05, 3.63) is 155 Å². The number of benzene rings is 4. The molecule has 1 aliphatic heterocycles. The van der Waals surface area contributed by atoms with Gasteiger partial charge in [-0.05, 0) is 71.9 Å². The summed E-state index contributed by atoms with van der Waals surface area (Å²) in [5.74, 6) is -4.41. The zero-order chi connectivity index (χ0) is 53.8. The van der Waals surface area contributed by atoms with Crippen molar-refractivity contribution in [1.29, 1.82) is 0 Å². The fourth-order valence-electron chi connectivity index (χ4n) is 12.1. The first-order valence-electron chi connectivity index (χ1n) is 25.9. The molecule has 3 aliphatic carbocycles. The third-order valence-electron chi connectivity index (χ3n) is 16.5. The number of aliphatic hydroxyl groups is 1. The Hall–Kier alpha value is -6.46. The highest BCUT2D eigenvalue weighted by molar-refractivity contribution is 6.73. The van der Waals surface area contributed by atoms with E-state index in [1.54, 1.807) is 107 Å². The van der Waals surface area contributed by atoms with Crippen molar-refractivity contribution < 1.29 is 66.8 Å². The minimum Gasteiger partial charge on any atom is -0.457 e. The number of oxime groups is 1. The van der Waals surface area contributed by atoms with Crippen molar-refractivity contribution in [2.24, 2.45) is 21.9 Å². The van der Waals surface area contributed by atoms with Crippen LogP contribution in [-0.2, 0) is 65.3 Å². The molecule has 75 heavy (non-hydrogen) atoms. The number of hydrogen-bond acceptors (Lipinski definition) is 15. The standard InChI is InChI=1S/C59H69NO14Si/c1-9-75(10-2,11-3)74-46-33-47-58(37-68-47,73-39(5)61)51-53(72-54(64)43-30-22-15-23-31-43)59(66)34-45(70-48(62)32-44(42-28-20-14-21-29-42)60-69-36-41-26-18-13-19-27-41)38(4)49(56(59,6)7)50(52(63)57(46,51)8)71-55(65)67-35-40-24-16-12-17-25-40/h12-31,45-47,50-51,53,66H,9-11,32-37H2,1-8H3/b60-44-/t45-,46-,47+,50+,51-,53-,57+,58-,59+/m0/s1. The van der Waals surface area contributed by atoms with Crippen molar-refractivity contribution in [2.75, 3.05) is 6.61 Å². The summed E-state index contributed by atoms with van der Waals surface area (Å²) < 4.78 is 45.4. The van der Waals surface area contributed by atoms with Gasteiger partial charge < -0.3 is 42.8 Å². The van der Waals surface area contributed by atoms with E-state index in [1.165, 1.54) is 6.92 Å². The maximum atomic E-state index is 16.7. The summed E-state index contributed by atoms with van der Waals surface area (Å²) in [4.78, 5) is 79.8. The quantitative estimate of drug-likeness (QED) is 0.0247. The number of Topliss-reactive ketones (excluding diaryl/α,β-unsaturated/α-hetero) is 1. The topological polar surface area (TPSA) is 192 Å². The molecule has 2 saturated carbocycles. The number of rotatable bonds is 18. The Morgan fingerprint density at radius 2 is 1.32 bits per heavy atom. The van der Waals surface area contributed by atoms with Crippen molar-refractivity contribution >= 4 is 43.9 Å². The fraction of sp³-hybridized carbons (Fsp3) is 0.458. The van der Waals surface area contributed by atoms with E-state index in [9.17, 15) is 24.3 Å². The maximum Gasteiger partial charge on any atom is 0.509 e. The predicted molar refractivity (Wildman–Crippen MR) is 279 cm³/mol. The molecule has 4 aromatic carbocycles. The van der Waals surface area contributed by atoms with Crippen LogP contribution in [0.3, 0.4) is 0 Å². The second-order valence-electron chi connectivity index (χ2n) is 20.9. The number of esters is 3. The molecule has 1 N–H and O–H groups in total. The van der Waals surface area contributed by atoms with Gasteiger partial charge in [-0.25, -0.2) is 9.59 Å². The van der Waals surface area contributed by atoms with Crippen LogP contribution >= 0.6 is 0 Å². The summed E-state index contributed by atoms with van der Waals surface area (Å²) in [7, 11) is -2.67. The number of carbonyl (C=O) groups is 5. The van der Waals surface area contributed by atoms with E-state index in [0.717, 1.165) is 5.56 Å². The Bertz CT molecular complexity index is 2760. The average Bonchev–Trinajstić information content (AvgIpc) is 3.41. The van der Waals surface area contributed by atoms with Gasteiger partial charge in [0.05, 0.1) is 41.7 Å². The lowest BCUT2D eigenvalue weighted by molar-refractivity contribution is -0.344. The van der Waals surface area contributed by atoms with Gasteiger partial charge in [0.25, 0.3) is 0 Å². The molecule has 4 aromatic rings. The van der Waals surface area contributed by atoms with Crippen LogP contribution < -0.4 is 0 Å². The van der Waals surface area contributed by atoms with Crippen LogP contribution in [0.25, 0.3) is 0 Å². The summed E-state index contributed by atoms with van der Waals surface area (Å²) in [5, 5.41) is 18.7. The van der Waals surface area contributed by atoms with Gasteiger partial charge in [-0.3, -0.25) is 14.4 Å². The number of ether oxygens (including phenoxy) is 6. The second kappa shape index (κ2) is 22.4. The second-order valence-corrected chi connectivity index (χ2v) is 25.7. The Morgan fingerprint density at radius 3 is 1.87 bits per heavy atom. The molecular formula is C59H69NO14Si. The van der Waals surface area contributed by atoms with Gasteiger partial charge in [-0.2, -0.15) is 0 Å². The van der Waals surface area contributed by atoms with E-state index in [4.69, 9.17) is 37.7 Å². The van der Waals surface area contributed by atoms with Crippen LogP contribution in [0.1, 0.15) is 102 Å². The highest BCUT2D eigenvalue weighted by Crippen LogP contribution is 2.65. The molecule has 0 amide bonds. The fourth-order valence-corrected chi connectivity index (χ4v) is 15.0. The molecule has 398 valence electrons. The zero-order valence-electron chi connectivity index (χ0n) is 44.1. The van der Waals surface area contributed by atoms with Crippen LogP contribution in [0.5, 0.6) is 0 Å². The number of nitrogens with zero attached hydrogens (tertiary/aromatic N) is 1. The number of ketones is 1. The first-order chi connectivity index (χ1) is 35.9. The summed E-state index contributed by atoms with van der Waals surface area (Å²) >= 11 is 0. The molecule has 16 heteroatoms. The molecule has 3 fully saturated rings. The first kappa shape index (κ1) is 54.8. The highest BCUT2D eigenvalue weighted by Gasteiger charge is 2.79. The highest BCUT2D eigenvalue weighted by atomic mass is 28.4. The molecule has 1 heterocycles. The van der Waals surface area contributed by atoms with Gasteiger partial charge in [-0.1, -0.05) is 149 Å². The Kier molecular flexibility index (Phi) is 16.4. The van der Waals surface area contributed by atoms with Gasteiger partial charge >= 0.3 is 24.1 Å². The third-order valence-corrected chi connectivity index (χ3v) is 21.2. The summed E-state index contributed by atoms with van der Waals surface area (Å²) in [6, 6.07) is 37.7. The van der Waals surface area contributed by atoms with Crippen LogP contribution in [-0.4, -0.2) is 97.3 Å². The van der Waals surface area contributed by atoms with Crippen LogP contribution in [0.4, 0.5) is 4.79 Å². The smallest absolute Gasteiger partial charge is 0.457 e. The van der Waals surface area contributed by atoms with E-state index >= 15 is 4.79 Å². The van der Waals surface area contributed by atoms with Crippen molar-refractivity contribution in [1.82, 2.24) is 0 Å². The molecule has 0 spiro atoms. The van der Waals surface area contributed by atoms with Gasteiger partial charge in [0.15, 0.2) is 25.8 Å². The zero-order valence-corrected chi connectivity index (χ0v) is 45.1. The summed E-state index contributed by atoms with van der Waals surface area (Å²) in [6.07, 6.45) is -8.64. The third kappa shape index (κ3) is 10.6. The van der Waals surface area contributed by atoms with Gasteiger partial charge in [0, 0.05) is 25.2 Å². The van der Waals surface area contributed by atoms with E-state index in [-0.39, 0.29) is 49.5 Å². The molecule has 0 radical (unpaired) electrons. The number of fused-ring (bicyclic) bond motifs is 5. The molecule has 2 bridgehead atoms. The Morgan fingerprint density at radius 1 is 0.760 bits per heavy atom. The lowest BCUT2D eigenvalue weighted by atomic mass is 9.44. The first-order valence-corrected chi connectivity index (χ1v) is 28.5. The van der Waals surface area contributed by atoms with E-state index in [1.807, 2.05) is 42.5 Å². The molecule has 0 aromatic heterocycles. The molecular weight excluding hydrogens is 975 g/mol. The molecule has 1 saturated heterocycles. The largest absolute Gasteiger partial charge is 0.509 e. The number of carbonyl (C=O) groups excluding carboxylic acids is 5. The lowest BCUT2D eigenvalue weighted by Crippen LogP contribution is -2.82. The molecule has 8 rings (SSSR count). The van der Waals surface area contributed by atoms with Gasteiger partial charge in [0.2, 0.25) is 0 Å².